The van der Waals surface area contributed by atoms with E-state index < -0.39 is 11.6 Å². The maximum atomic E-state index is 13.2. The molecule has 0 aromatic heterocycles. The first-order valence-corrected chi connectivity index (χ1v) is 4.63. The van der Waals surface area contributed by atoms with Crippen molar-refractivity contribution in [3.8, 4) is 6.07 Å². The summed E-state index contributed by atoms with van der Waals surface area (Å²) in [4.78, 5) is 1.78. The first-order chi connectivity index (χ1) is 7.15. The summed E-state index contributed by atoms with van der Waals surface area (Å²) in [5.74, 6) is -1.64. The van der Waals surface area contributed by atoms with Crippen LogP contribution in [-0.4, -0.2) is 18.5 Å². The molecule has 0 unspecified atom stereocenters. The zero-order chi connectivity index (χ0) is 11.3. The fourth-order valence-corrected chi connectivity index (χ4v) is 1.28. The topological polar surface area (TPSA) is 27.0 Å². The molecule has 0 heterocycles. The maximum Gasteiger partial charge on any atom is 0.163 e. The van der Waals surface area contributed by atoms with Crippen LogP contribution in [0.1, 0.15) is 12.0 Å². The van der Waals surface area contributed by atoms with E-state index in [1.54, 1.807) is 18.0 Å². The van der Waals surface area contributed by atoms with Crippen LogP contribution in [0.25, 0.3) is 0 Å². The van der Waals surface area contributed by atoms with E-state index in [4.69, 9.17) is 5.26 Å². The average Bonchev–Trinajstić information content (AvgIpc) is 2.22. The molecule has 1 rings (SSSR count). The van der Waals surface area contributed by atoms with E-state index in [2.05, 4.69) is 0 Å². The Labute approximate surface area is 87.7 Å². The zero-order valence-corrected chi connectivity index (χ0v) is 8.50. The van der Waals surface area contributed by atoms with Crippen LogP contribution >= 0.6 is 0 Å². The third-order valence-electron chi connectivity index (χ3n) is 2.08. The summed E-state index contributed by atoms with van der Waals surface area (Å²) in [6.07, 6.45) is 0.382. The van der Waals surface area contributed by atoms with E-state index in [1.165, 1.54) is 6.07 Å². The highest BCUT2D eigenvalue weighted by molar-refractivity contribution is 5.18. The largest absolute Gasteiger partial charge is 0.301 e. The van der Waals surface area contributed by atoms with Gasteiger partial charge in [-0.2, -0.15) is 5.26 Å². The van der Waals surface area contributed by atoms with Gasteiger partial charge in [-0.25, -0.2) is 8.78 Å². The summed E-state index contributed by atoms with van der Waals surface area (Å²) in [5, 5.41) is 8.37. The fourth-order valence-electron chi connectivity index (χ4n) is 1.28. The molecule has 0 spiro atoms. The molecule has 0 aliphatic rings. The molecule has 0 saturated carbocycles. The monoisotopic (exact) mass is 210 g/mol. The van der Waals surface area contributed by atoms with Crippen LogP contribution in [0.3, 0.4) is 0 Å². The van der Waals surface area contributed by atoms with Crippen molar-refractivity contribution in [3.63, 3.8) is 0 Å². The second-order valence-corrected chi connectivity index (χ2v) is 3.36. The number of hydrogen-bond acceptors (Lipinski definition) is 2. The molecule has 0 bridgehead atoms. The number of benzene rings is 1. The van der Waals surface area contributed by atoms with Crippen LogP contribution in [0.15, 0.2) is 18.2 Å². The highest BCUT2D eigenvalue weighted by Crippen LogP contribution is 2.12. The van der Waals surface area contributed by atoms with E-state index in [0.717, 1.165) is 6.07 Å². The predicted molar refractivity (Wildman–Crippen MR) is 52.9 cm³/mol. The molecule has 0 atom stereocenters. The Morgan fingerprint density at radius 1 is 1.40 bits per heavy atom. The summed E-state index contributed by atoms with van der Waals surface area (Å²) >= 11 is 0. The van der Waals surface area contributed by atoms with Crippen molar-refractivity contribution in [1.82, 2.24) is 4.90 Å². The van der Waals surface area contributed by atoms with Crippen molar-refractivity contribution in [1.29, 1.82) is 5.26 Å². The van der Waals surface area contributed by atoms with Gasteiger partial charge in [-0.15, -0.1) is 0 Å². The van der Waals surface area contributed by atoms with E-state index >= 15 is 0 Å². The lowest BCUT2D eigenvalue weighted by atomic mass is 10.2. The Morgan fingerprint density at radius 3 is 2.80 bits per heavy atom. The van der Waals surface area contributed by atoms with Gasteiger partial charge in [-0.1, -0.05) is 12.1 Å². The van der Waals surface area contributed by atoms with Crippen LogP contribution in [0.2, 0.25) is 0 Å². The molecular weight excluding hydrogens is 198 g/mol. The van der Waals surface area contributed by atoms with Crippen molar-refractivity contribution in [2.45, 2.75) is 13.0 Å². The van der Waals surface area contributed by atoms with Gasteiger partial charge in [0.25, 0.3) is 0 Å². The highest BCUT2D eigenvalue weighted by Gasteiger charge is 2.09. The number of nitriles is 1. The average molecular weight is 210 g/mol. The molecule has 0 saturated heterocycles. The van der Waals surface area contributed by atoms with Crippen molar-refractivity contribution in [3.05, 3.63) is 35.4 Å². The summed E-state index contributed by atoms with van der Waals surface area (Å²) < 4.78 is 26.1. The fraction of sp³-hybridized carbons (Fsp3) is 0.364. The SMILES string of the molecule is CN(CCC#N)Cc1cccc(F)c1F. The van der Waals surface area contributed by atoms with Gasteiger partial charge in [-0.05, 0) is 13.1 Å². The van der Waals surface area contributed by atoms with Gasteiger partial charge < -0.3 is 4.90 Å². The second kappa shape index (κ2) is 5.42. The minimum atomic E-state index is -0.832. The Morgan fingerprint density at radius 2 is 2.13 bits per heavy atom. The van der Waals surface area contributed by atoms with Gasteiger partial charge in [0, 0.05) is 25.1 Å². The smallest absolute Gasteiger partial charge is 0.163 e. The van der Waals surface area contributed by atoms with Crippen LogP contribution in [0.4, 0.5) is 8.78 Å². The van der Waals surface area contributed by atoms with Gasteiger partial charge in [-0.3, -0.25) is 0 Å². The van der Waals surface area contributed by atoms with E-state index in [1.807, 2.05) is 6.07 Å². The lowest BCUT2D eigenvalue weighted by molar-refractivity contribution is 0.326. The van der Waals surface area contributed by atoms with E-state index in [0.29, 0.717) is 25.1 Å². The summed E-state index contributed by atoms with van der Waals surface area (Å²) in [6, 6.07) is 6.11. The number of nitrogens with zero attached hydrogens (tertiary/aromatic N) is 2. The molecule has 0 amide bonds. The van der Waals surface area contributed by atoms with Crippen LogP contribution in [0, 0.1) is 23.0 Å². The molecule has 4 heteroatoms. The summed E-state index contributed by atoms with van der Waals surface area (Å²) in [7, 11) is 1.77. The molecule has 0 aliphatic carbocycles. The van der Waals surface area contributed by atoms with Gasteiger partial charge in [0.05, 0.1) is 6.07 Å². The van der Waals surface area contributed by atoms with Crippen molar-refractivity contribution >= 4 is 0 Å². The minimum absolute atomic E-state index is 0.311. The molecule has 0 aliphatic heterocycles. The van der Waals surface area contributed by atoms with Gasteiger partial charge in [0.15, 0.2) is 11.6 Å². The third-order valence-corrected chi connectivity index (χ3v) is 2.08. The van der Waals surface area contributed by atoms with Crippen LogP contribution < -0.4 is 0 Å². The second-order valence-electron chi connectivity index (χ2n) is 3.36. The zero-order valence-electron chi connectivity index (χ0n) is 8.50. The summed E-state index contributed by atoms with van der Waals surface area (Å²) in [6.45, 7) is 0.859. The van der Waals surface area contributed by atoms with Crippen molar-refractivity contribution < 1.29 is 8.78 Å². The Kier molecular flexibility index (Phi) is 4.19. The Hall–Kier alpha value is -1.47. The Balaban J connectivity index is 2.65. The van der Waals surface area contributed by atoms with Crippen molar-refractivity contribution in [2.24, 2.45) is 0 Å². The molecule has 1 aromatic carbocycles. The molecular formula is C11H12F2N2. The lowest BCUT2D eigenvalue weighted by Crippen LogP contribution is -2.19. The van der Waals surface area contributed by atoms with Gasteiger partial charge in [0.1, 0.15) is 0 Å². The molecule has 1 aromatic rings. The van der Waals surface area contributed by atoms with E-state index in [-0.39, 0.29) is 0 Å². The maximum absolute atomic E-state index is 13.2. The molecule has 15 heavy (non-hydrogen) atoms. The first-order valence-electron chi connectivity index (χ1n) is 4.63. The molecule has 2 nitrogen and oxygen atoms in total. The van der Waals surface area contributed by atoms with Gasteiger partial charge in [0.2, 0.25) is 0 Å². The minimum Gasteiger partial charge on any atom is -0.301 e. The third kappa shape index (κ3) is 3.30. The van der Waals surface area contributed by atoms with E-state index in [9.17, 15) is 8.78 Å². The summed E-state index contributed by atoms with van der Waals surface area (Å²) in [5.41, 5.74) is 0.315. The Bertz CT molecular complexity index is 371. The normalized spacial score (nSPS) is 10.3. The molecule has 0 radical (unpaired) electrons. The number of hydrogen-bond donors (Lipinski definition) is 0. The molecule has 80 valence electrons. The first kappa shape index (κ1) is 11.6. The van der Waals surface area contributed by atoms with Crippen LogP contribution in [0.5, 0.6) is 0 Å². The quantitative estimate of drug-likeness (QED) is 0.762. The van der Waals surface area contributed by atoms with Gasteiger partial charge >= 0.3 is 0 Å². The standard InChI is InChI=1S/C11H12F2N2/c1-15(7-3-6-14)8-9-4-2-5-10(12)11(9)13/h2,4-5H,3,7-8H2,1H3. The molecule has 0 fully saturated rings. The highest BCUT2D eigenvalue weighted by atomic mass is 19.2. The van der Waals surface area contributed by atoms with Crippen molar-refractivity contribution in [2.75, 3.05) is 13.6 Å². The predicted octanol–water partition coefficient (Wildman–Crippen LogP) is 2.31. The number of halogens is 2. The molecule has 0 N–H and O–H groups in total. The van der Waals surface area contributed by atoms with Crippen LogP contribution in [-0.2, 0) is 6.54 Å². The lowest BCUT2D eigenvalue weighted by Gasteiger charge is -2.15. The number of rotatable bonds is 4.